The lowest BCUT2D eigenvalue weighted by Gasteiger charge is -2.36. The first-order valence-electron chi connectivity index (χ1n) is 8.17. The summed E-state index contributed by atoms with van der Waals surface area (Å²) in [5.74, 6) is -1.31. The van der Waals surface area contributed by atoms with E-state index in [9.17, 15) is 14.4 Å². The van der Waals surface area contributed by atoms with Crippen LogP contribution in [0.15, 0.2) is 24.3 Å². The molecule has 0 aliphatic carbocycles. The van der Waals surface area contributed by atoms with E-state index in [1.165, 1.54) is 0 Å². The van der Waals surface area contributed by atoms with Gasteiger partial charge in [0.05, 0.1) is 25.9 Å². The molecule has 136 valence electrons. The van der Waals surface area contributed by atoms with Crippen molar-refractivity contribution >= 4 is 23.5 Å². The van der Waals surface area contributed by atoms with E-state index in [4.69, 9.17) is 4.74 Å². The minimum absolute atomic E-state index is 0.116. The number of rotatable bonds is 5. The lowest BCUT2D eigenvalue weighted by atomic mass is 10.2. The molecule has 2 amide bonds. The Morgan fingerprint density at radius 1 is 1.12 bits per heavy atom. The third-order valence-electron chi connectivity index (χ3n) is 3.92. The third-order valence-corrected chi connectivity index (χ3v) is 3.92. The second-order valence-corrected chi connectivity index (χ2v) is 5.44. The molecule has 1 N–H and O–H groups in total. The number of hydrogen-bond acceptors (Lipinski definition) is 6. The van der Waals surface area contributed by atoms with Crippen molar-refractivity contribution in [2.75, 3.05) is 51.3 Å². The molecule has 1 aromatic rings. The van der Waals surface area contributed by atoms with Crippen molar-refractivity contribution in [2.45, 2.75) is 6.92 Å². The Kier molecular flexibility index (Phi) is 6.62. The van der Waals surface area contributed by atoms with Gasteiger partial charge in [-0.05, 0) is 19.1 Å². The van der Waals surface area contributed by atoms with Crippen LogP contribution in [0.5, 0.6) is 5.75 Å². The Bertz CT molecular complexity index is 626. The molecule has 1 aliphatic rings. The highest BCUT2D eigenvalue weighted by molar-refractivity contribution is 6.32. The van der Waals surface area contributed by atoms with Gasteiger partial charge < -0.3 is 24.6 Å². The normalized spacial score (nSPS) is 14.0. The molecule has 0 bridgehead atoms. The van der Waals surface area contributed by atoms with Crippen molar-refractivity contribution in [1.82, 2.24) is 10.2 Å². The fourth-order valence-electron chi connectivity index (χ4n) is 2.62. The van der Waals surface area contributed by atoms with E-state index in [-0.39, 0.29) is 19.1 Å². The summed E-state index contributed by atoms with van der Waals surface area (Å²) >= 11 is 0. The Morgan fingerprint density at radius 2 is 1.80 bits per heavy atom. The summed E-state index contributed by atoms with van der Waals surface area (Å²) in [4.78, 5) is 38.6. The van der Waals surface area contributed by atoms with Crippen LogP contribution in [0.1, 0.15) is 6.92 Å². The predicted octanol–water partition coefficient (Wildman–Crippen LogP) is 0.0231. The van der Waals surface area contributed by atoms with Crippen molar-refractivity contribution < 1.29 is 23.9 Å². The SMILES string of the molecule is CCOC(=O)C(=O)NCC(=O)N1CCN(c2ccccc2OC)CC1. The maximum atomic E-state index is 12.2. The third kappa shape index (κ3) is 4.85. The number of carbonyl (C=O) groups is 3. The van der Waals surface area contributed by atoms with Gasteiger partial charge in [0.25, 0.3) is 0 Å². The van der Waals surface area contributed by atoms with Crippen LogP contribution in [0, 0.1) is 0 Å². The summed E-state index contributed by atoms with van der Waals surface area (Å²) in [6.45, 7) is 3.91. The number of para-hydroxylation sites is 2. The van der Waals surface area contributed by atoms with Gasteiger partial charge in [0.2, 0.25) is 5.91 Å². The van der Waals surface area contributed by atoms with Crippen molar-refractivity contribution in [3.63, 3.8) is 0 Å². The van der Waals surface area contributed by atoms with Gasteiger partial charge in [0.15, 0.2) is 0 Å². The van der Waals surface area contributed by atoms with Crippen molar-refractivity contribution in [3.05, 3.63) is 24.3 Å². The molecule has 0 atom stereocenters. The summed E-state index contributed by atoms with van der Waals surface area (Å²) in [5, 5.41) is 2.29. The van der Waals surface area contributed by atoms with Crippen LogP contribution in [0.2, 0.25) is 0 Å². The Morgan fingerprint density at radius 3 is 2.44 bits per heavy atom. The van der Waals surface area contributed by atoms with E-state index in [2.05, 4.69) is 15.0 Å². The summed E-state index contributed by atoms with van der Waals surface area (Å²) in [6.07, 6.45) is 0. The zero-order valence-corrected chi connectivity index (χ0v) is 14.5. The largest absolute Gasteiger partial charge is 0.495 e. The number of methoxy groups -OCH3 is 1. The number of ether oxygens (including phenoxy) is 2. The highest BCUT2D eigenvalue weighted by Crippen LogP contribution is 2.28. The summed E-state index contributed by atoms with van der Waals surface area (Å²) in [7, 11) is 1.63. The van der Waals surface area contributed by atoms with Crippen LogP contribution >= 0.6 is 0 Å². The molecule has 1 aromatic carbocycles. The molecule has 8 heteroatoms. The Hall–Kier alpha value is -2.77. The standard InChI is InChI=1S/C17H23N3O5/c1-3-25-17(23)16(22)18-12-15(21)20-10-8-19(9-11-20)13-6-4-5-7-14(13)24-2/h4-7H,3,8-12H2,1-2H3,(H,18,22). The van der Waals surface area contributed by atoms with Crippen LogP contribution in [0.3, 0.4) is 0 Å². The van der Waals surface area contributed by atoms with Crippen LogP contribution < -0.4 is 15.0 Å². The maximum Gasteiger partial charge on any atom is 0.396 e. The lowest BCUT2D eigenvalue weighted by Crippen LogP contribution is -2.51. The van der Waals surface area contributed by atoms with Crippen LogP contribution in [-0.4, -0.2) is 69.1 Å². The molecule has 1 heterocycles. The molecule has 1 fully saturated rings. The molecule has 8 nitrogen and oxygen atoms in total. The molecular formula is C17H23N3O5. The van der Waals surface area contributed by atoms with E-state index in [1.807, 2.05) is 24.3 Å². The molecule has 0 radical (unpaired) electrons. The molecule has 0 unspecified atom stereocenters. The van der Waals surface area contributed by atoms with Crippen LogP contribution in [-0.2, 0) is 19.1 Å². The van der Waals surface area contributed by atoms with E-state index < -0.39 is 11.9 Å². The smallest absolute Gasteiger partial charge is 0.396 e. The predicted molar refractivity (Wildman–Crippen MR) is 91.4 cm³/mol. The Labute approximate surface area is 146 Å². The number of anilines is 1. The molecule has 0 aromatic heterocycles. The summed E-state index contributed by atoms with van der Waals surface area (Å²) in [6, 6.07) is 7.74. The average Bonchev–Trinajstić information content (AvgIpc) is 2.66. The number of esters is 1. The highest BCUT2D eigenvalue weighted by Gasteiger charge is 2.24. The topological polar surface area (TPSA) is 88.2 Å². The fraction of sp³-hybridized carbons (Fsp3) is 0.471. The fourth-order valence-corrected chi connectivity index (χ4v) is 2.62. The van der Waals surface area contributed by atoms with Crippen LogP contribution in [0.25, 0.3) is 0 Å². The summed E-state index contributed by atoms with van der Waals surface area (Å²) in [5.41, 5.74) is 0.993. The lowest BCUT2D eigenvalue weighted by molar-refractivity contribution is -0.154. The minimum Gasteiger partial charge on any atom is -0.495 e. The van der Waals surface area contributed by atoms with E-state index in [0.717, 1.165) is 11.4 Å². The van der Waals surface area contributed by atoms with Gasteiger partial charge >= 0.3 is 11.9 Å². The van der Waals surface area contributed by atoms with E-state index in [1.54, 1.807) is 18.9 Å². The van der Waals surface area contributed by atoms with Gasteiger partial charge in [0, 0.05) is 26.2 Å². The highest BCUT2D eigenvalue weighted by atomic mass is 16.5. The van der Waals surface area contributed by atoms with Crippen molar-refractivity contribution in [1.29, 1.82) is 0 Å². The second kappa shape index (κ2) is 8.91. The van der Waals surface area contributed by atoms with Crippen LogP contribution in [0.4, 0.5) is 5.69 Å². The number of nitrogens with zero attached hydrogens (tertiary/aromatic N) is 2. The van der Waals surface area contributed by atoms with Gasteiger partial charge in [-0.25, -0.2) is 4.79 Å². The number of nitrogens with one attached hydrogen (secondary N) is 1. The molecule has 2 rings (SSSR count). The molecule has 0 saturated carbocycles. The van der Waals surface area contributed by atoms with Gasteiger partial charge in [-0.1, -0.05) is 12.1 Å². The van der Waals surface area contributed by atoms with E-state index in [0.29, 0.717) is 26.2 Å². The first kappa shape index (κ1) is 18.6. The number of carbonyl (C=O) groups excluding carboxylic acids is 3. The Balaban J connectivity index is 1.82. The number of piperazine rings is 1. The molecule has 1 aliphatic heterocycles. The second-order valence-electron chi connectivity index (χ2n) is 5.44. The monoisotopic (exact) mass is 349 g/mol. The number of hydrogen-bond donors (Lipinski definition) is 1. The molecular weight excluding hydrogens is 326 g/mol. The quantitative estimate of drug-likeness (QED) is 0.596. The summed E-state index contributed by atoms with van der Waals surface area (Å²) < 4.78 is 9.94. The zero-order chi connectivity index (χ0) is 18.2. The number of benzene rings is 1. The first-order valence-corrected chi connectivity index (χ1v) is 8.17. The molecule has 25 heavy (non-hydrogen) atoms. The molecule has 1 saturated heterocycles. The van der Waals surface area contributed by atoms with Crippen molar-refractivity contribution in [3.8, 4) is 5.75 Å². The van der Waals surface area contributed by atoms with E-state index >= 15 is 0 Å². The van der Waals surface area contributed by atoms with Gasteiger partial charge in [-0.3, -0.25) is 9.59 Å². The zero-order valence-electron chi connectivity index (χ0n) is 14.5. The van der Waals surface area contributed by atoms with Gasteiger partial charge in [-0.15, -0.1) is 0 Å². The average molecular weight is 349 g/mol. The number of amides is 2. The minimum atomic E-state index is -0.976. The van der Waals surface area contributed by atoms with Crippen molar-refractivity contribution in [2.24, 2.45) is 0 Å². The maximum absolute atomic E-state index is 12.2. The van der Waals surface area contributed by atoms with Gasteiger partial charge in [0.1, 0.15) is 5.75 Å². The first-order chi connectivity index (χ1) is 12.1. The molecule has 0 spiro atoms. The van der Waals surface area contributed by atoms with Gasteiger partial charge in [-0.2, -0.15) is 0 Å².